The molecule has 0 radical (unpaired) electrons. The number of aromatic nitrogens is 2. The predicted molar refractivity (Wildman–Crippen MR) is 121 cm³/mol. The van der Waals surface area contributed by atoms with Crippen molar-refractivity contribution < 1.29 is 9.53 Å². The van der Waals surface area contributed by atoms with Crippen molar-refractivity contribution in [2.75, 3.05) is 0 Å². The molecule has 0 aliphatic heterocycles. The standard InChI is InChI=1S/C25H20ClN3O2/c26-24-23(16-28-25(30)19-10-5-2-6-11-19)27-15-22(29-24)20-12-7-13-21(14-20)31-17-18-8-3-1-4-9-18/h1-15H,16-17H2,(H,28,30). The molecule has 6 heteroatoms. The SMILES string of the molecule is O=C(NCc1ncc(-c2cccc(OCc3ccccc3)c2)nc1Cl)c1ccccc1. The van der Waals surface area contributed by atoms with Gasteiger partial charge < -0.3 is 10.1 Å². The maximum absolute atomic E-state index is 12.2. The highest BCUT2D eigenvalue weighted by Gasteiger charge is 2.10. The maximum atomic E-state index is 12.2. The van der Waals surface area contributed by atoms with Crippen molar-refractivity contribution in [3.05, 3.63) is 113 Å². The average molecular weight is 430 g/mol. The first-order chi connectivity index (χ1) is 15.2. The second kappa shape index (κ2) is 9.87. The first-order valence-corrected chi connectivity index (χ1v) is 10.2. The van der Waals surface area contributed by atoms with Gasteiger partial charge in [0.1, 0.15) is 12.4 Å². The van der Waals surface area contributed by atoms with E-state index in [9.17, 15) is 4.79 Å². The molecule has 3 aromatic carbocycles. The highest BCUT2D eigenvalue weighted by molar-refractivity contribution is 6.30. The van der Waals surface area contributed by atoms with Gasteiger partial charge in [0.25, 0.3) is 5.91 Å². The first kappa shape index (κ1) is 20.6. The third-order valence-electron chi connectivity index (χ3n) is 4.63. The van der Waals surface area contributed by atoms with E-state index in [1.54, 1.807) is 18.3 Å². The number of hydrogen-bond donors (Lipinski definition) is 1. The summed E-state index contributed by atoms with van der Waals surface area (Å²) >= 11 is 6.33. The Kier molecular flexibility index (Phi) is 6.55. The Bertz CT molecular complexity index is 1170. The molecule has 0 bridgehead atoms. The van der Waals surface area contributed by atoms with Gasteiger partial charge in [0.15, 0.2) is 5.15 Å². The third-order valence-corrected chi connectivity index (χ3v) is 4.93. The Labute approximate surface area is 185 Å². The lowest BCUT2D eigenvalue weighted by Crippen LogP contribution is -2.23. The molecule has 4 aromatic rings. The molecule has 5 nitrogen and oxygen atoms in total. The molecule has 4 rings (SSSR count). The van der Waals surface area contributed by atoms with Crippen molar-refractivity contribution in [1.29, 1.82) is 0 Å². The van der Waals surface area contributed by atoms with E-state index >= 15 is 0 Å². The second-order valence-electron chi connectivity index (χ2n) is 6.84. The van der Waals surface area contributed by atoms with Crippen LogP contribution >= 0.6 is 11.6 Å². The van der Waals surface area contributed by atoms with Crippen LogP contribution in [0, 0.1) is 0 Å². The van der Waals surface area contributed by atoms with Crippen molar-refractivity contribution in [3.8, 4) is 17.0 Å². The van der Waals surface area contributed by atoms with Crippen LogP contribution in [0.25, 0.3) is 11.3 Å². The van der Waals surface area contributed by atoms with Crippen LogP contribution in [-0.2, 0) is 13.2 Å². The molecule has 0 fully saturated rings. The fourth-order valence-corrected chi connectivity index (χ4v) is 3.20. The predicted octanol–water partition coefficient (Wildman–Crippen LogP) is 5.31. The summed E-state index contributed by atoms with van der Waals surface area (Å²) in [5.74, 6) is 0.546. The van der Waals surface area contributed by atoms with Gasteiger partial charge in [-0.3, -0.25) is 9.78 Å². The van der Waals surface area contributed by atoms with Gasteiger partial charge in [-0.15, -0.1) is 0 Å². The fourth-order valence-electron chi connectivity index (χ4n) is 2.99. The smallest absolute Gasteiger partial charge is 0.251 e. The fraction of sp³-hybridized carbons (Fsp3) is 0.0800. The van der Waals surface area contributed by atoms with Crippen LogP contribution in [-0.4, -0.2) is 15.9 Å². The Morgan fingerprint density at radius 2 is 1.68 bits per heavy atom. The van der Waals surface area contributed by atoms with E-state index in [1.165, 1.54) is 0 Å². The number of nitrogens with one attached hydrogen (secondary N) is 1. The van der Waals surface area contributed by atoms with Crippen molar-refractivity contribution in [3.63, 3.8) is 0 Å². The van der Waals surface area contributed by atoms with Crippen LogP contribution in [0.1, 0.15) is 21.6 Å². The first-order valence-electron chi connectivity index (χ1n) is 9.81. The summed E-state index contributed by atoms with van der Waals surface area (Å²) in [4.78, 5) is 21.0. The van der Waals surface area contributed by atoms with Crippen LogP contribution < -0.4 is 10.1 Å². The van der Waals surface area contributed by atoms with Gasteiger partial charge in [-0.2, -0.15) is 0 Å². The highest BCUT2D eigenvalue weighted by atomic mass is 35.5. The number of benzene rings is 3. The van der Waals surface area contributed by atoms with E-state index in [1.807, 2.05) is 72.8 Å². The van der Waals surface area contributed by atoms with Gasteiger partial charge >= 0.3 is 0 Å². The minimum Gasteiger partial charge on any atom is -0.489 e. The van der Waals surface area contributed by atoms with Crippen LogP contribution in [0.15, 0.2) is 91.1 Å². The summed E-state index contributed by atoms with van der Waals surface area (Å²) in [6.07, 6.45) is 1.65. The van der Waals surface area contributed by atoms with Crippen LogP contribution in [0.4, 0.5) is 0 Å². The zero-order chi connectivity index (χ0) is 21.5. The third kappa shape index (κ3) is 5.47. The summed E-state index contributed by atoms with van der Waals surface area (Å²) in [6.45, 7) is 0.677. The summed E-state index contributed by atoms with van der Waals surface area (Å²) in [5, 5.41) is 3.06. The molecule has 0 atom stereocenters. The molecule has 1 aromatic heterocycles. The number of halogens is 1. The molecule has 31 heavy (non-hydrogen) atoms. The van der Waals surface area contributed by atoms with Gasteiger partial charge in [0.05, 0.1) is 24.1 Å². The number of carbonyl (C=O) groups excluding carboxylic acids is 1. The van der Waals surface area contributed by atoms with Gasteiger partial charge in [-0.25, -0.2) is 4.98 Å². The van der Waals surface area contributed by atoms with Crippen LogP contribution in [0.5, 0.6) is 5.75 Å². The molecule has 1 amide bonds. The number of nitrogens with zero attached hydrogens (tertiary/aromatic N) is 2. The molecular weight excluding hydrogens is 410 g/mol. The Hall–Kier alpha value is -3.70. The molecule has 0 unspecified atom stereocenters. The van der Waals surface area contributed by atoms with Crippen LogP contribution in [0.3, 0.4) is 0 Å². The number of amides is 1. The Morgan fingerprint density at radius 3 is 2.42 bits per heavy atom. The van der Waals surface area contributed by atoms with E-state index in [4.69, 9.17) is 16.3 Å². The van der Waals surface area contributed by atoms with Gasteiger partial charge in [-0.05, 0) is 29.8 Å². The minimum absolute atomic E-state index is 0.189. The number of carbonyl (C=O) groups is 1. The summed E-state index contributed by atoms with van der Waals surface area (Å²) in [5.41, 5.74) is 3.66. The van der Waals surface area contributed by atoms with Gasteiger partial charge in [0.2, 0.25) is 0 Å². The minimum atomic E-state index is -0.189. The molecule has 0 spiro atoms. The van der Waals surface area contributed by atoms with Gasteiger partial charge in [-0.1, -0.05) is 72.3 Å². The molecule has 1 heterocycles. The summed E-state index contributed by atoms with van der Waals surface area (Å²) in [6, 6.07) is 26.6. The zero-order valence-electron chi connectivity index (χ0n) is 16.7. The van der Waals surface area contributed by atoms with Crippen molar-refractivity contribution >= 4 is 17.5 Å². The maximum Gasteiger partial charge on any atom is 0.251 e. The van der Waals surface area contributed by atoms with E-state index in [0.29, 0.717) is 23.6 Å². The van der Waals surface area contributed by atoms with Crippen LogP contribution in [0.2, 0.25) is 5.15 Å². The molecule has 0 saturated carbocycles. The van der Waals surface area contributed by atoms with Crippen molar-refractivity contribution in [2.24, 2.45) is 0 Å². The monoisotopic (exact) mass is 429 g/mol. The zero-order valence-corrected chi connectivity index (χ0v) is 17.4. The lowest BCUT2D eigenvalue weighted by molar-refractivity contribution is 0.0950. The number of rotatable bonds is 7. The Morgan fingerprint density at radius 1 is 0.935 bits per heavy atom. The van der Waals surface area contributed by atoms with Gasteiger partial charge in [0, 0.05) is 11.1 Å². The van der Waals surface area contributed by atoms with Crippen molar-refractivity contribution in [2.45, 2.75) is 13.2 Å². The lowest BCUT2D eigenvalue weighted by Gasteiger charge is -2.10. The number of hydrogen-bond acceptors (Lipinski definition) is 4. The second-order valence-corrected chi connectivity index (χ2v) is 7.20. The average Bonchev–Trinajstić information content (AvgIpc) is 2.83. The van der Waals surface area contributed by atoms with Crippen molar-refractivity contribution in [1.82, 2.24) is 15.3 Å². The lowest BCUT2D eigenvalue weighted by atomic mass is 10.1. The van der Waals surface area contributed by atoms with E-state index < -0.39 is 0 Å². The molecule has 1 N–H and O–H groups in total. The summed E-state index contributed by atoms with van der Waals surface area (Å²) < 4.78 is 5.89. The molecule has 154 valence electrons. The Balaban J connectivity index is 1.42. The molecule has 0 aliphatic carbocycles. The van der Waals surface area contributed by atoms with E-state index in [-0.39, 0.29) is 17.6 Å². The van der Waals surface area contributed by atoms with E-state index in [2.05, 4.69) is 15.3 Å². The largest absolute Gasteiger partial charge is 0.489 e. The molecule has 0 aliphatic rings. The van der Waals surface area contributed by atoms with E-state index in [0.717, 1.165) is 16.9 Å². The normalized spacial score (nSPS) is 10.5. The topological polar surface area (TPSA) is 64.1 Å². The number of ether oxygens (including phenoxy) is 1. The molecular formula is C25H20ClN3O2. The highest BCUT2D eigenvalue weighted by Crippen LogP contribution is 2.24. The molecule has 0 saturated heterocycles. The quantitative estimate of drug-likeness (QED) is 0.432. The summed E-state index contributed by atoms with van der Waals surface area (Å²) in [7, 11) is 0.